The second-order valence-electron chi connectivity index (χ2n) is 4.80. The molecule has 0 aliphatic heterocycles. The van der Waals surface area contributed by atoms with E-state index in [0.29, 0.717) is 4.90 Å². The van der Waals surface area contributed by atoms with Crippen LogP contribution in [0.15, 0.2) is 58.5 Å². The number of halogens is 1. The molecule has 0 amide bonds. The number of H-pyrrole nitrogens is 1. The lowest BCUT2D eigenvalue weighted by molar-refractivity contribution is 0.596. The Balaban J connectivity index is 1.90. The van der Waals surface area contributed by atoms with E-state index in [1.54, 1.807) is 6.07 Å². The van der Waals surface area contributed by atoms with E-state index in [4.69, 9.17) is 5.73 Å². The number of aromatic amines is 1. The number of benzene rings is 2. The molecule has 102 valence electrons. The molecule has 0 fully saturated rings. The fourth-order valence-electron chi connectivity index (χ4n) is 2.10. The van der Waals surface area contributed by atoms with Crippen LogP contribution >= 0.6 is 11.8 Å². The number of para-hydroxylation sites is 1. The largest absolute Gasteiger partial charge is 0.349 e. The van der Waals surface area contributed by atoms with Gasteiger partial charge in [-0.1, -0.05) is 36.0 Å². The van der Waals surface area contributed by atoms with Gasteiger partial charge in [0.25, 0.3) is 0 Å². The van der Waals surface area contributed by atoms with Gasteiger partial charge in [0.15, 0.2) is 0 Å². The van der Waals surface area contributed by atoms with E-state index >= 15 is 0 Å². The van der Waals surface area contributed by atoms with Gasteiger partial charge in [0.1, 0.15) is 5.82 Å². The second-order valence-corrected chi connectivity index (χ2v) is 5.89. The minimum Gasteiger partial charge on any atom is -0.349 e. The first-order valence-corrected chi connectivity index (χ1v) is 7.26. The highest BCUT2D eigenvalue weighted by Gasteiger charge is 2.09. The molecule has 20 heavy (non-hydrogen) atoms. The van der Waals surface area contributed by atoms with Crippen LogP contribution < -0.4 is 5.73 Å². The first kappa shape index (κ1) is 13.2. The Bertz CT molecular complexity index is 716. The van der Waals surface area contributed by atoms with Crippen molar-refractivity contribution in [1.29, 1.82) is 0 Å². The summed E-state index contributed by atoms with van der Waals surface area (Å²) in [5.41, 5.74) is 7.62. The van der Waals surface area contributed by atoms with E-state index in [1.165, 1.54) is 17.8 Å². The molecule has 2 aromatic carbocycles. The molecule has 2 nitrogen and oxygen atoms in total. The van der Waals surface area contributed by atoms with Gasteiger partial charge >= 0.3 is 0 Å². The Morgan fingerprint density at radius 3 is 2.65 bits per heavy atom. The molecule has 0 radical (unpaired) electrons. The zero-order valence-electron chi connectivity index (χ0n) is 11.1. The summed E-state index contributed by atoms with van der Waals surface area (Å²) in [4.78, 5) is 3.88. The van der Waals surface area contributed by atoms with Crippen LogP contribution in [0.4, 0.5) is 4.39 Å². The molecule has 0 saturated carbocycles. The van der Waals surface area contributed by atoms with Crippen LogP contribution in [0.2, 0.25) is 0 Å². The van der Waals surface area contributed by atoms with Crippen molar-refractivity contribution in [2.75, 3.05) is 0 Å². The van der Waals surface area contributed by atoms with Gasteiger partial charge in [-0.3, -0.25) is 0 Å². The van der Waals surface area contributed by atoms with Crippen molar-refractivity contribution in [2.24, 2.45) is 5.73 Å². The molecule has 3 N–H and O–H groups in total. The molecule has 1 atom stereocenters. The van der Waals surface area contributed by atoms with Crippen LogP contribution in [-0.2, 0) is 0 Å². The van der Waals surface area contributed by atoms with Gasteiger partial charge in [-0.2, -0.15) is 0 Å². The zero-order valence-corrected chi connectivity index (χ0v) is 11.9. The molecule has 0 saturated heterocycles. The highest BCUT2D eigenvalue weighted by atomic mass is 32.2. The zero-order chi connectivity index (χ0) is 14.1. The predicted octanol–water partition coefficient (Wildman–Crippen LogP) is 4.48. The van der Waals surface area contributed by atoms with E-state index in [0.717, 1.165) is 21.5 Å². The van der Waals surface area contributed by atoms with Crippen molar-refractivity contribution < 1.29 is 4.39 Å². The highest BCUT2D eigenvalue weighted by molar-refractivity contribution is 7.99. The summed E-state index contributed by atoms with van der Waals surface area (Å²) in [6.45, 7) is 1.85. The molecule has 4 heteroatoms. The molecule has 3 aromatic rings. The minimum absolute atomic E-state index is 0.156. The molecule has 0 unspecified atom stereocenters. The Labute approximate surface area is 121 Å². The third kappa shape index (κ3) is 2.57. The van der Waals surface area contributed by atoms with Crippen molar-refractivity contribution in [1.82, 2.24) is 4.98 Å². The maximum atomic E-state index is 14.1. The number of nitrogens with two attached hydrogens (primary N) is 1. The van der Waals surface area contributed by atoms with Gasteiger partial charge in [-0.05, 0) is 36.8 Å². The SMILES string of the molecule is C[C@H](N)c1ccc(Sc2cc3ccccc3[nH]2)c(F)c1. The van der Waals surface area contributed by atoms with Crippen molar-refractivity contribution in [2.45, 2.75) is 22.9 Å². The number of aromatic nitrogens is 1. The van der Waals surface area contributed by atoms with E-state index in [-0.39, 0.29) is 11.9 Å². The van der Waals surface area contributed by atoms with Gasteiger partial charge in [-0.25, -0.2) is 4.39 Å². The Morgan fingerprint density at radius 2 is 1.95 bits per heavy atom. The summed E-state index contributed by atoms with van der Waals surface area (Å²) in [6, 6.07) is 15.0. The van der Waals surface area contributed by atoms with E-state index in [1.807, 2.05) is 43.3 Å². The summed E-state index contributed by atoms with van der Waals surface area (Å²) in [5, 5.41) is 2.06. The number of nitrogens with one attached hydrogen (secondary N) is 1. The minimum atomic E-state index is -0.233. The standard InChI is InChI=1S/C16H15FN2S/c1-10(18)11-6-7-15(13(17)8-11)20-16-9-12-4-2-3-5-14(12)19-16/h2-10,19H,18H2,1H3/t10-/m0/s1. The average Bonchev–Trinajstić information content (AvgIpc) is 2.83. The third-order valence-electron chi connectivity index (χ3n) is 3.21. The van der Waals surface area contributed by atoms with Crippen LogP contribution in [-0.4, -0.2) is 4.98 Å². The van der Waals surface area contributed by atoms with Gasteiger partial charge in [0, 0.05) is 21.8 Å². The summed E-state index contributed by atoms with van der Waals surface area (Å²) >= 11 is 1.39. The first-order valence-electron chi connectivity index (χ1n) is 6.44. The molecular weight excluding hydrogens is 271 g/mol. The van der Waals surface area contributed by atoms with Gasteiger partial charge < -0.3 is 10.7 Å². The summed E-state index contributed by atoms with van der Waals surface area (Å²) in [7, 11) is 0. The normalized spacial score (nSPS) is 12.8. The van der Waals surface area contributed by atoms with Gasteiger partial charge in [0.2, 0.25) is 0 Å². The van der Waals surface area contributed by atoms with Crippen molar-refractivity contribution in [3.8, 4) is 0 Å². The van der Waals surface area contributed by atoms with E-state index in [9.17, 15) is 4.39 Å². The van der Waals surface area contributed by atoms with E-state index < -0.39 is 0 Å². The quantitative estimate of drug-likeness (QED) is 0.745. The van der Waals surface area contributed by atoms with Crippen LogP contribution in [0.5, 0.6) is 0 Å². The number of hydrogen-bond acceptors (Lipinski definition) is 2. The van der Waals surface area contributed by atoms with Crippen molar-refractivity contribution in [3.63, 3.8) is 0 Å². The summed E-state index contributed by atoms with van der Waals surface area (Å²) < 4.78 is 14.1. The summed E-state index contributed by atoms with van der Waals surface area (Å²) in [6.07, 6.45) is 0. The lowest BCUT2D eigenvalue weighted by atomic mass is 10.1. The first-order chi connectivity index (χ1) is 9.63. The predicted molar refractivity (Wildman–Crippen MR) is 81.4 cm³/mol. The summed E-state index contributed by atoms with van der Waals surface area (Å²) in [5.74, 6) is -0.233. The smallest absolute Gasteiger partial charge is 0.137 e. The third-order valence-corrected chi connectivity index (χ3v) is 4.20. The molecule has 0 bridgehead atoms. The fraction of sp³-hybridized carbons (Fsp3) is 0.125. The van der Waals surface area contributed by atoms with Gasteiger partial charge in [0.05, 0.1) is 5.03 Å². The molecule has 3 rings (SSSR count). The monoisotopic (exact) mass is 286 g/mol. The topological polar surface area (TPSA) is 41.8 Å². The molecule has 1 aromatic heterocycles. The molecule has 1 heterocycles. The lowest BCUT2D eigenvalue weighted by Crippen LogP contribution is -2.05. The van der Waals surface area contributed by atoms with Crippen LogP contribution in [0.25, 0.3) is 10.9 Å². The maximum absolute atomic E-state index is 14.1. The van der Waals surface area contributed by atoms with Crippen molar-refractivity contribution in [3.05, 3.63) is 59.9 Å². The van der Waals surface area contributed by atoms with Crippen LogP contribution in [0, 0.1) is 5.82 Å². The molecule has 0 aliphatic rings. The van der Waals surface area contributed by atoms with E-state index in [2.05, 4.69) is 4.98 Å². The second kappa shape index (κ2) is 5.31. The highest BCUT2D eigenvalue weighted by Crippen LogP contribution is 2.32. The Hall–Kier alpha value is -1.78. The molecular formula is C16H15FN2S. The molecule has 0 spiro atoms. The Kier molecular flexibility index (Phi) is 3.51. The number of hydrogen-bond donors (Lipinski definition) is 2. The Morgan fingerprint density at radius 1 is 1.15 bits per heavy atom. The number of rotatable bonds is 3. The fourth-order valence-corrected chi connectivity index (χ4v) is 2.98. The van der Waals surface area contributed by atoms with Crippen molar-refractivity contribution >= 4 is 22.7 Å². The molecule has 0 aliphatic carbocycles. The van der Waals surface area contributed by atoms with Crippen LogP contribution in [0.3, 0.4) is 0 Å². The lowest BCUT2D eigenvalue weighted by Gasteiger charge is -2.07. The number of fused-ring (bicyclic) bond motifs is 1. The van der Waals surface area contributed by atoms with Crippen LogP contribution in [0.1, 0.15) is 18.5 Å². The van der Waals surface area contributed by atoms with Gasteiger partial charge in [-0.15, -0.1) is 0 Å². The average molecular weight is 286 g/mol. The maximum Gasteiger partial charge on any atom is 0.137 e.